The van der Waals surface area contributed by atoms with Crippen molar-refractivity contribution in [3.8, 4) is 0 Å². The van der Waals surface area contributed by atoms with E-state index in [4.69, 9.17) is 28.4 Å². The number of ether oxygens (including phenoxy) is 6. The van der Waals surface area contributed by atoms with Crippen LogP contribution in [0.4, 0.5) is 0 Å². The molecule has 21 atom stereocenters. The number of aliphatic hydroxyl groups excluding tert-OH is 7. The first-order valence-corrected chi connectivity index (χ1v) is 19.5. The topological polar surface area (TPSA) is 197 Å². The van der Waals surface area contributed by atoms with Crippen molar-refractivity contribution in [2.75, 3.05) is 13.2 Å². The average Bonchev–Trinajstić information content (AvgIpc) is 3.76. The van der Waals surface area contributed by atoms with Crippen molar-refractivity contribution in [1.29, 1.82) is 0 Å². The second-order valence-electron chi connectivity index (χ2n) is 17.8. The van der Waals surface area contributed by atoms with Gasteiger partial charge in [0.05, 0.1) is 37.6 Å². The Morgan fingerprint density at radius 3 is 2.29 bits per heavy atom. The maximum atomic E-state index is 11.1. The monoisotopic (exact) mass is 724 g/mol. The average molecular weight is 725 g/mol. The number of hydrogen-bond donors (Lipinski definition) is 7. The van der Waals surface area contributed by atoms with Crippen LogP contribution in [0, 0.1) is 40.4 Å². The van der Waals surface area contributed by atoms with Crippen molar-refractivity contribution < 1.29 is 64.2 Å². The lowest BCUT2D eigenvalue weighted by atomic mass is 9.47. The van der Waals surface area contributed by atoms with Crippen LogP contribution < -0.4 is 0 Å². The van der Waals surface area contributed by atoms with Gasteiger partial charge in [-0.3, -0.25) is 0 Å². The van der Waals surface area contributed by atoms with Gasteiger partial charge in [-0.05, 0) is 92.8 Å². The molecule has 0 aromatic heterocycles. The molecule has 13 heteroatoms. The molecule has 8 aliphatic rings. The smallest absolute Gasteiger partial charge is 0.187 e. The SMILES string of the molecule is CC1OC(OC2C(OC3CCC4(C)C(=CCC5C4CCC4(C)C5CC5OC6(CCC(CO)O6)C(C)C54)C3)OC(CO)C(O)C2O)C(O)C(O)C1O. The minimum absolute atomic E-state index is 0.0260. The molecular formula is C38H60O13. The largest absolute Gasteiger partial charge is 0.394 e. The molecule has 0 amide bonds. The third kappa shape index (κ3) is 5.74. The van der Waals surface area contributed by atoms with Gasteiger partial charge in [0.25, 0.3) is 0 Å². The minimum atomic E-state index is -1.62. The second-order valence-corrected chi connectivity index (χ2v) is 17.8. The number of hydrogen-bond acceptors (Lipinski definition) is 13. The molecule has 1 spiro atoms. The van der Waals surface area contributed by atoms with Crippen LogP contribution in [0.5, 0.6) is 0 Å². The molecule has 0 radical (unpaired) electrons. The first kappa shape index (κ1) is 37.2. The number of fused-ring (bicyclic) bond motifs is 7. The molecule has 0 aromatic rings. The Kier molecular flexibility index (Phi) is 9.80. The van der Waals surface area contributed by atoms with Gasteiger partial charge in [-0.15, -0.1) is 0 Å². The molecule has 0 aromatic carbocycles. The van der Waals surface area contributed by atoms with E-state index in [-0.39, 0.29) is 41.7 Å². The van der Waals surface area contributed by atoms with Crippen LogP contribution in [0.15, 0.2) is 11.6 Å². The first-order chi connectivity index (χ1) is 24.2. The normalized spacial score (nSPS) is 58.1. The summed E-state index contributed by atoms with van der Waals surface area (Å²) in [7, 11) is 0. The molecule has 7 N–H and O–H groups in total. The van der Waals surface area contributed by atoms with Gasteiger partial charge in [-0.25, -0.2) is 0 Å². The molecule has 8 rings (SSSR count). The molecule has 4 saturated heterocycles. The van der Waals surface area contributed by atoms with E-state index in [0.29, 0.717) is 30.1 Å². The fourth-order valence-electron chi connectivity index (χ4n) is 12.5. The lowest BCUT2D eigenvalue weighted by molar-refractivity contribution is -0.369. The molecule has 7 fully saturated rings. The Labute approximate surface area is 300 Å². The van der Waals surface area contributed by atoms with Crippen molar-refractivity contribution >= 4 is 0 Å². The zero-order valence-corrected chi connectivity index (χ0v) is 30.3. The highest BCUT2D eigenvalue weighted by molar-refractivity contribution is 5.26. The Morgan fingerprint density at radius 1 is 0.784 bits per heavy atom. The number of allylic oxidation sites excluding steroid dienone is 1. The summed E-state index contributed by atoms with van der Waals surface area (Å²) in [6.45, 7) is 8.28. The highest BCUT2D eigenvalue weighted by Gasteiger charge is 2.69. The summed E-state index contributed by atoms with van der Waals surface area (Å²) >= 11 is 0. The molecule has 4 aliphatic carbocycles. The van der Waals surface area contributed by atoms with Crippen LogP contribution in [0.1, 0.15) is 85.5 Å². The van der Waals surface area contributed by atoms with Crippen LogP contribution in [0.3, 0.4) is 0 Å². The van der Waals surface area contributed by atoms with Crippen LogP contribution in [-0.4, -0.2) is 134 Å². The maximum absolute atomic E-state index is 11.1. The van der Waals surface area contributed by atoms with E-state index >= 15 is 0 Å². The van der Waals surface area contributed by atoms with Gasteiger partial charge in [0.1, 0.15) is 42.7 Å². The molecule has 13 nitrogen and oxygen atoms in total. The summed E-state index contributed by atoms with van der Waals surface area (Å²) < 4.78 is 37.3. The Balaban J connectivity index is 0.964. The maximum Gasteiger partial charge on any atom is 0.187 e. The van der Waals surface area contributed by atoms with Gasteiger partial charge in [0, 0.05) is 12.3 Å². The van der Waals surface area contributed by atoms with Crippen molar-refractivity contribution in [3.05, 3.63) is 11.6 Å². The Bertz CT molecular complexity index is 1320. The standard InChI is InChI=1S/C38H60O13/c1-17-27-25(51-38(17)12-8-21(15-39)50-38)14-24-22-6-5-19-13-20(7-10-36(19,3)23(22)9-11-37(24,27)4)47-35-33(31(44)29(42)26(16-40)48-35)49-34-32(45)30(43)28(41)18(2)46-34/h5,17-18,20-35,39-45H,6-16H2,1-4H3. The van der Waals surface area contributed by atoms with Gasteiger partial charge in [0.2, 0.25) is 0 Å². The molecule has 4 aliphatic heterocycles. The van der Waals surface area contributed by atoms with Gasteiger partial charge in [-0.2, -0.15) is 0 Å². The zero-order chi connectivity index (χ0) is 36.2. The summed E-state index contributed by atoms with van der Waals surface area (Å²) in [4.78, 5) is 0. The van der Waals surface area contributed by atoms with E-state index < -0.39 is 73.8 Å². The second kappa shape index (κ2) is 13.5. The third-order valence-electron chi connectivity index (χ3n) is 15.4. The summed E-state index contributed by atoms with van der Waals surface area (Å²) in [5.74, 6) is 1.87. The van der Waals surface area contributed by atoms with Gasteiger partial charge < -0.3 is 64.2 Å². The van der Waals surface area contributed by atoms with Crippen LogP contribution >= 0.6 is 0 Å². The zero-order valence-electron chi connectivity index (χ0n) is 30.3. The predicted molar refractivity (Wildman–Crippen MR) is 178 cm³/mol. The van der Waals surface area contributed by atoms with E-state index in [1.165, 1.54) is 12.5 Å². The predicted octanol–water partition coefficient (Wildman–Crippen LogP) is 1.11. The van der Waals surface area contributed by atoms with Gasteiger partial charge >= 0.3 is 0 Å². The molecule has 4 heterocycles. The minimum Gasteiger partial charge on any atom is -0.394 e. The fourth-order valence-corrected chi connectivity index (χ4v) is 12.5. The van der Waals surface area contributed by atoms with E-state index in [9.17, 15) is 35.7 Å². The molecule has 21 unspecified atom stereocenters. The third-order valence-corrected chi connectivity index (χ3v) is 15.4. The van der Waals surface area contributed by atoms with Crippen LogP contribution in [-0.2, 0) is 28.4 Å². The van der Waals surface area contributed by atoms with E-state index in [0.717, 1.165) is 51.4 Å². The first-order valence-electron chi connectivity index (χ1n) is 19.5. The van der Waals surface area contributed by atoms with Gasteiger partial charge in [-0.1, -0.05) is 32.4 Å². The summed E-state index contributed by atoms with van der Waals surface area (Å²) in [5.41, 5.74) is 1.59. The molecule has 51 heavy (non-hydrogen) atoms. The van der Waals surface area contributed by atoms with Gasteiger partial charge in [0.15, 0.2) is 18.4 Å². The van der Waals surface area contributed by atoms with E-state index in [1.54, 1.807) is 0 Å². The molecule has 3 saturated carbocycles. The van der Waals surface area contributed by atoms with Crippen molar-refractivity contribution in [2.24, 2.45) is 40.4 Å². The van der Waals surface area contributed by atoms with Crippen LogP contribution in [0.2, 0.25) is 0 Å². The lowest BCUT2D eigenvalue weighted by Crippen LogP contribution is -2.64. The summed E-state index contributed by atoms with van der Waals surface area (Å²) in [6.07, 6.45) is -2.76. The molecule has 0 bridgehead atoms. The Hall–Kier alpha value is -0.780. The van der Waals surface area contributed by atoms with Crippen molar-refractivity contribution in [2.45, 2.75) is 171 Å². The summed E-state index contributed by atoms with van der Waals surface area (Å²) in [5, 5.41) is 72.6. The van der Waals surface area contributed by atoms with Crippen molar-refractivity contribution in [1.82, 2.24) is 0 Å². The quantitative estimate of drug-likeness (QED) is 0.193. The fraction of sp³-hybridized carbons (Fsp3) is 0.947. The highest BCUT2D eigenvalue weighted by atomic mass is 16.8. The number of aliphatic hydroxyl groups is 7. The summed E-state index contributed by atoms with van der Waals surface area (Å²) in [6, 6.07) is 0. The highest BCUT2D eigenvalue weighted by Crippen LogP contribution is 2.71. The van der Waals surface area contributed by atoms with E-state index in [2.05, 4.69) is 26.8 Å². The van der Waals surface area contributed by atoms with Crippen molar-refractivity contribution in [3.63, 3.8) is 0 Å². The molecular weight excluding hydrogens is 664 g/mol. The van der Waals surface area contributed by atoms with E-state index in [1.807, 2.05) is 0 Å². The molecule has 290 valence electrons. The van der Waals surface area contributed by atoms with Crippen LogP contribution in [0.25, 0.3) is 0 Å². The lowest BCUT2D eigenvalue weighted by Gasteiger charge is -2.58. The number of rotatable bonds is 6. The Morgan fingerprint density at radius 2 is 1.57 bits per heavy atom.